The predicted molar refractivity (Wildman–Crippen MR) is 80.3 cm³/mol. The van der Waals surface area contributed by atoms with Crippen molar-refractivity contribution in [3.05, 3.63) is 53.4 Å². The molecule has 5 nitrogen and oxygen atoms in total. The highest BCUT2D eigenvalue weighted by Gasteiger charge is 2.04. The van der Waals surface area contributed by atoms with Gasteiger partial charge in [-0.2, -0.15) is 5.10 Å². The summed E-state index contributed by atoms with van der Waals surface area (Å²) in [5, 5.41) is 12.8. The standard InChI is InChI=1S/C16H18N2O3/c1-12-3-5-15(13(11-12)4-6-16(19)20)21-10-8-14-7-9-17-18(14)2/h3-7,9,11H,8,10H2,1-2H3,(H,19,20)/b6-4+. The fourth-order valence-electron chi connectivity index (χ4n) is 2.00. The lowest BCUT2D eigenvalue weighted by Crippen LogP contribution is -2.06. The largest absolute Gasteiger partial charge is 0.493 e. The average molecular weight is 286 g/mol. The Kier molecular flexibility index (Phi) is 4.77. The number of aromatic nitrogens is 2. The first-order chi connectivity index (χ1) is 10.1. The van der Waals surface area contributed by atoms with Gasteiger partial charge in [-0.25, -0.2) is 4.79 Å². The van der Waals surface area contributed by atoms with E-state index in [0.29, 0.717) is 12.4 Å². The van der Waals surface area contributed by atoms with Crippen molar-refractivity contribution in [1.29, 1.82) is 0 Å². The molecule has 2 rings (SSSR count). The first kappa shape index (κ1) is 14.8. The van der Waals surface area contributed by atoms with Crippen molar-refractivity contribution in [2.75, 3.05) is 6.61 Å². The third-order valence-corrected chi connectivity index (χ3v) is 3.11. The van der Waals surface area contributed by atoms with Crippen LogP contribution >= 0.6 is 0 Å². The van der Waals surface area contributed by atoms with E-state index in [9.17, 15) is 4.79 Å². The van der Waals surface area contributed by atoms with Crippen molar-refractivity contribution in [3.8, 4) is 5.75 Å². The van der Waals surface area contributed by atoms with Crippen molar-refractivity contribution in [3.63, 3.8) is 0 Å². The number of aliphatic carboxylic acids is 1. The third kappa shape index (κ3) is 4.21. The van der Waals surface area contributed by atoms with Crippen LogP contribution in [0.5, 0.6) is 5.75 Å². The SMILES string of the molecule is Cc1ccc(OCCc2ccnn2C)c(/C=C/C(=O)O)c1. The lowest BCUT2D eigenvalue weighted by Gasteiger charge is -2.10. The quantitative estimate of drug-likeness (QED) is 0.828. The second-order valence-corrected chi connectivity index (χ2v) is 4.76. The zero-order valence-electron chi connectivity index (χ0n) is 12.1. The molecule has 0 atom stereocenters. The molecule has 0 spiro atoms. The van der Waals surface area contributed by atoms with Crippen molar-refractivity contribution < 1.29 is 14.6 Å². The number of benzene rings is 1. The van der Waals surface area contributed by atoms with Crippen molar-refractivity contribution in [2.24, 2.45) is 7.05 Å². The predicted octanol–water partition coefficient (Wildman–Crippen LogP) is 2.45. The Morgan fingerprint density at radius 2 is 2.24 bits per heavy atom. The van der Waals surface area contributed by atoms with Gasteiger partial charge in [0.1, 0.15) is 5.75 Å². The summed E-state index contributed by atoms with van der Waals surface area (Å²) in [5.41, 5.74) is 2.91. The Labute approximate surface area is 123 Å². The monoisotopic (exact) mass is 286 g/mol. The van der Waals surface area contributed by atoms with Gasteiger partial charge >= 0.3 is 5.97 Å². The van der Waals surface area contributed by atoms with Gasteiger partial charge in [0.15, 0.2) is 0 Å². The summed E-state index contributed by atoms with van der Waals surface area (Å²) in [7, 11) is 1.89. The molecule has 1 N–H and O–H groups in total. The normalized spacial score (nSPS) is 11.0. The number of hydrogen-bond donors (Lipinski definition) is 1. The molecule has 0 radical (unpaired) electrons. The Morgan fingerprint density at radius 1 is 1.43 bits per heavy atom. The van der Waals surface area contributed by atoms with Gasteiger partial charge in [-0.15, -0.1) is 0 Å². The van der Waals surface area contributed by atoms with E-state index in [0.717, 1.165) is 29.3 Å². The van der Waals surface area contributed by atoms with Crippen LogP contribution in [0, 0.1) is 6.92 Å². The van der Waals surface area contributed by atoms with E-state index in [4.69, 9.17) is 9.84 Å². The van der Waals surface area contributed by atoms with Crippen molar-refractivity contribution in [1.82, 2.24) is 9.78 Å². The van der Waals surface area contributed by atoms with E-state index in [1.54, 1.807) is 12.3 Å². The van der Waals surface area contributed by atoms with Gasteiger partial charge in [-0.1, -0.05) is 11.6 Å². The summed E-state index contributed by atoms with van der Waals surface area (Å²) in [4.78, 5) is 10.6. The molecule has 21 heavy (non-hydrogen) atoms. The molecule has 1 aromatic heterocycles. The molecule has 0 aliphatic carbocycles. The van der Waals surface area contributed by atoms with Crippen LogP contribution < -0.4 is 4.74 Å². The van der Waals surface area contributed by atoms with Crippen molar-refractivity contribution >= 4 is 12.0 Å². The first-order valence-corrected chi connectivity index (χ1v) is 6.67. The molecule has 0 fully saturated rings. The maximum absolute atomic E-state index is 10.6. The minimum absolute atomic E-state index is 0.510. The number of hydrogen-bond acceptors (Lipinski definition) is 3. The molecule has 110 valence electrons. The molecule has 1 aromatic carbocycles. The van der Waals surface area contributed by atoms with Crippen LogP contribution in [0.15, 0.2) is 36.5 Å². The molecule has 5 heteroatoms. The van der Waals surface area contributed by atoms with E-state index in [2.05, 4.69) is 5.10 Å². The number of carbonyl (C=O) groups is 1. The number of carboxylic acid groups (broad SMARTS) is 1. The number of ether oxygens (including phenoxy) is 1. The van der Waals surface area contributed by atoms with Gasteiger partial charge in [0.05, 0.1) is 6.61 Å². The van der Waals surface area contributed by atoms with Crippen LogP contribution in [0.25, 0.3) is 6.08 Å². The number of rotatable bonds is 6. The third-order valence-electron chi connectivity index (χ3n) is 3.11. The number of carboxylic acids is 1. The van der Waals surface area contributed by atoms with Gasteiger partial charge < -0.3 is 9.84 Å². The molecular formula is C16H18N2O3. The molecule has 1 heterocycles. The molecule has 2 aromatic rings. The minimum atomic E-state index is -0.975. The Hall–Kier alpha value is -2.56. The summed E-state index contributed by atoms with van der Waals surface area (Å²) in [6, 6.07) is 7.65. The zero-order valence-corrected chi connectivity index (χ0v) is 12.1. The second kappa shape index (κ2) is 6.74. The van der Waals surface area contributed by atoms with E-state index in [1.807, 2.05) is 42.9 Å². The Morgan fingerprint density at radius 3 is 2.90 bits per heavy atom. The van der Waals surface area contributed by atoms with Crippen LogP contribution in [-0.2, 0) is 18.3 Å². The van der Waals surface area contributed by atoms with Gasteiger partial charge in [0.2, 0.25) is 0 Å². The number of nitrogens with zero attached hydrogens (tertiary/aromatic N) is 2. The molecule has 0 unspecified atom stereocenters. The van der Waals surface area contributed by atoms with E-state index < -0.39 is 5.97 Å². The summed E-state index contributed by atoms with van der Waals surface area (Å²) >= 11 is 0. The van der Waals surface area contributed by atoms with E-state index in [-0.39, 0.29) is 0 Å². The molecule has 0 aliphatic rings. The topological polar surface area (TPSA) is 64.4 Å². The fraction of sp³-hybridized carbons (Fsp3) is 0.250. The minimum Gasteiger partial charge on any atom is -0.493 e. The van der Waals surface area contributed by atoms with Crippen LogP contribution in [0.2, 0.25) is 0 Å². The fourth-order valence-corrected chi connectivity index (χ4v) is 2.00. The Bertz CT molecular complexity index is 659. The molecular weight excluding hydrogens is 268 g/mol. The average Bonchev–Trinajstić information content (AvgIpc) is 2.84. The molecule has 0 bridgehead atoms. The summed E-state index contributed by atoms with van der Waals surface area (Å²) in [5.74, 6) is -0.294. The Balaban J connectivity index is 2.05. The van der Waals surface area contributed by atoms with Crippen LogP contribution in [0.1, 0.15) is 16.8 Å². The maximum Gasteiger partial charge on any atom is 0.328 e. The first-order valence-electron chi connectivity index (χ1n) is 6.67. The van der Waals surface area contributed by atoms with Gasteiger partial charge in [0.25, 0.3) is 0 Å². The van der Waals surface area contributed by atoms with Gasteiger partial charge in [-0.3, -0.25) is 4.68 Å². The van der Waals surface area contributed by atoms with Crippen LogP contribution in [0.4, 0.5) is 0 Å². The van der Waals surface area contributed by atoms with Crippen LogP contribution in [0.3, 0.4) is 0 Å². The second-order valence-electron chi connectivity index (χ2n) is 4.76. The van der Waals surface area contributed by atoms with Crippen molar-refractivity contribution in [2.45, 2.75) is 13.3 Å². The van der Waals surface area contributed by atoms with Gasteiger partial charge in [-0.05, 0) is 31.2 Å². The molecule has 0 amide bonds. The number of aryl methyl sites for hydroxylation is 2. The van der Waals surface area contributed by atoms with Gasteiger partial charge in [0, 0.05) is 37.0 Å². The lowest BCUT2D eigenvalue weighted by molar-refractivity contribution is -0.131. The molecule has 0 saturated carbocycles. The zero-order chi connectivity index (χ0) is 15.2. The molecule has 0 aliphatic heterocycles. The highest BCUT2D eigenvalue weighted by molar-refractivity contribution is 5.85. The van der Waals surface area contributed by atoms with Crippen LogP contribution in [-0.4, -0.2) is 27.5 Å². The maximum atomic E-state index is 10.6. The smallest absolute Gasteiger partial charge is 0.328 e. The lowest BCUT2D eigenvalue weighted by atomic mass is 10.1. The van der Waals surface area contributed by atoms with E-state index in [1.165, 1.54) is 0 Å². The summed E-state index contributed by atoms with van der Waals surface area (Å²) < 4.78 is 7.58. The highest BCUT2D eigenvalue weighted by Crippen LogP contribution is 2.21. The molecule has 0 saturated heterocycles. The highest BCUT2D eigenvalue weighted by atomic mass is 16.5. The summed E-state index contributed by atoms with van der Waals surface area (Å²) in [6.07, 6.45) is 5.16. The van der Waals surface area contributed by atoms with E-state index >= 15 is 0 Å². The summed E-state index contributed by atoms with van der Waals surface area (Å²) in [6.45, 7) is 2.47.